The molecule has 1 aromatic rings. The maximum Gasteiger partial charge on any atom is 0.308 e. The Bertz CT molecular complexity index is 459. The number of aliphatic carboxylic acids is 1. The Hall–Kier alpha value is -1.49. The van der Waals surface area contributed by atoms with Crippen molar-refractivity contribution in [3.05, 3.63) is 35.4 Å². The van der Waals surface area contributed by atoms with Gasteiger partial charge >= 0.3 is 5.97 Å². The second-order valence-corrected chi connectivity index (χ2v) is 5.58. The maximum atomic E-state index is 12.3. The molecule has 0 aliphatic heterocycles. The van der Waals surface area contributed by atoms with Crippen LogP contribution in [0.1, 0.15) is 29.8 Å². The van der Waals surface area contributed by atoms with Gasteiger partial charge in [-0.15, -0.1) is 0 Å². The van der Waals surface area contributed by atoms with E-state index < -0.39 is 11.9 Å². The molecule has 0 aromatic heterocycles. The molecule has 4 nitrogen and oxygen atoms in total. The first kappa shape index (κ1) is 16.6. The number of amides is 1. The summed E-state index contributed by atoms with van der Waals surface area (Å²) in [6.07, 6.45) is 2.03. The van der Waals surface area contributed by atoms with E-state index in [4.69, 9.17) is 5.11 Å². The van der Waals surface area contributed by atoms with Crippen LogP contribution in [0.5, 0.6) is 0 Å². The lowest BCUT2D eigenvalue weighted by Crippen LogP contribution is -2.36. The van der Waals surface area contributed by atoms with Gasteiger partial charge in [-0.1, -0.05) is 19.1 Å². The molecule has 0 saturated heterocycles. The van der Waals surface area contributed by atoms with Crippen LogP contribution in [0.2, 0.25) is 0 Å². The molecule has 0 radical (unpaired) electrons. The van der Waals surface area contributed by atoms with E-state index in [-0.39, 0.29) is 12.5 Å². The van der Waals surface area contributed by atoms with Gasteiger partial charge in [-0.05, 0) is 30.9 Å². The van der Waals surface area contributed by atoms with Crippen molar-refractivity contribution in [2.75, 3.05) is 19.3 Å². The molecule has 1 aromatic carbocycles. The highest BCUT2D eigenvalue weighted by Gasteiger charge is 2.20. The number of thioether (sulfide) groups is 1. The Kier molecular flexibility index (Phi) is 6.58. The number of benzene rings is 1. The topological polar surface area (TPSA) is 57.6 Å². The highest BCUT2D eigenvalue weighted by molar-refractivity contribution is 7.97. The van der Waals surface area contributed by atoms with Crippen LogP contribution in [0.15, 0.2) is 24.3 Å². The fraction of sp³-hybridized carbons (Fsp3) is 0.467. The molecule has 0 bridgehead atoms. The lowest BCUT2D eigenvalue weighted by Gasteiger charge is -2.23. The maximum absolute atomic E-state index is 12.3. The minimum absolute atomic E-state index is 0.115. The predicted octanol–water partition coefficient (Wildman–Crippen LogP) is 2.73. The second kappa shape index (κ2) is 7.94. The van der Waals surface area contributed by atoms with Crippen LogP contribution in [-0.4, -0.2) is 41.2 Å². The third-order valence-electron chi connectivity index (χ3n) is 3.10. The first-order valence-corrected chi connectivity index (χ1v) is 7.98. The zero-order valence-electron chi connectivity index (χ0n) is 12.1. The van der Waals surface area contributed by atoms with Gasteiger partial charge in [-0.3, -0.25) is 9.59 Å². The van der Waals surface area contributed by atoms with E-state index in [2.05, 4.69) is 0 Å². The third-order valence-corrected chi connectivity index (χ3v) is 3.72. The van der Waals surface area contributed by atoms with Gasteiger partial charge in [0.15, 0.2) is 0 Å². The van der Waals surface area contributed by atoms with Crippen molar-refractivity contribution in [3.8, 4) is 0 Å². The van der Waals surface area contributed by atoms with Crippen LogP contribution >= 0.6 is 11.8 Å². The van der Waals surface area contributed by atoms with Gasteiger partial charge in [-0.25, -0.2) is 0 Å². The van der Waals surface area contributed by atoms with E-state index in [0.29, 0.717) is 12.1 Å². The molecule has 0 heterocycles. The van der Waals surface area contributed by atoms with Crippen LogP contribution in [0, 0.1) is 5.92 Å². The number of hydrogen-bond acceptors (Lipinski definition) is 3. The third kappa shape index (κ3) is 4.56. The number of carbonyl (C=O) groups excluding carboxylic acids is 1. The fourth-order valence-electron chi connectivity index (χ4n) is 1.86. The Morgan fingerprint density at radius 1 is 1.30 bits per heavy atom. The lowest BCUT2D eigenvalue weighted by molar-refractivity contribution is -0.141. The van der Waals surface area contributed by atoms with Crippen molar-refractivity contribution in [2.45, 2.75) is 19.6 Å². The number of hydrogen-bond donors (Lipinski definition) is 1. The van der Waals surface area contributed by atoms with Gasteiger partial charge in [0, 0.05) is 24.4 Å². The number of nitrogens with zero attached hydrogens (tertiary/aromatic N) is 1. The van der Waals surface area contributed by atoms with E-state index in [1.807, 2.05) is 37.4 Å². The summed E-state index contributed by atoms with van der Waals surface area (Å²) in [5.74, 6) is -0.639. The van der Waals surface area contributed by atoms with E-state index >= 15 is 0 Å². The predicted molar refractivity (Wildman–Crippen MR) is 82.0 cm³/mol. The first-order valence-electron chi connectivity index (χ1n) is 6.59. The molecular weight excluding hydrogens is 274 g/mol. The molecule has 0 aliphatic rings. The average Bonchev–Trinajstić information content (AvgIpc) is 2.44. The molecule has 1 rings (SSSR count). The van der Waals surface area contributed by atoms with Gasteiger partial charge < -0.3 is 10.0 Å². The van der Waals surface area contributed by atoms with Crippen LogP contribution in [0.3, 0.4) is 0 Å². The highest BCUT2D eigenvalue weighted by Crippen LogP contribution is 2.13. The van der Waals surface area contributed by atoms with Crippen LogP contribution in [0.25, 0.3) is 0 Å². The van der Waals surface area contributed by atoms with E-state index in [1.54, 1.807) is 23.6 Å². The molecule has 0 saturated carbocycles. The summed E-state index contributed by atoms with van der Waals surface area (Å²) in [7, 11) is 0. The monoisotopic (exact) mass is 295 g/mol. The van der Waals surface area contributed by atoms with Gasteiger partial charge in [-0.2, -0.15) is 11.8 Å². The fourth-order valence-corrected chi connectivity index (χ4v) is 2.38. The standard InChI is InChI=1S/C15H21NO3S/c1-4-16(9-11(2)15(18)19)14(17)13-7-5-12(6-8-13)10-20-3/h5-8,11H,4,9-10H2,1-3H3,(H,18,19). The summed E-state index contributed by atoms with van der Waals surface area (Å²) in [5, 5.41) is 8.93. The zero-order chi connectivity index (χ0) is 15.1. The molecule has 1 N–H and O–H groups in total. The molecule has 1 amide bonds. The molecule has 5 heteroatoms. The smallest absolute Gasteiger partial charge is 0.308 e. The molecule has 0 aliphatic carbocycles. The Balaban J connectivity index is 2.77. The number of carboxylic acids is 1. The molecule has 0 spiro atoms. The van der Waals surface area contributed by atoms with Crippen LogP contribution in [-0.2, 0) is 10.5 Å². The Morgan fingerprint density at radius 3 is 2.35 bits per heavy atom. The van der Waals surface area contributed by atoms with Crippen LogP contribution < -0.4 is 0 Å². The number of carboxylic acid groups (broad SMARTS) is 1. The normalized spacial score (nSPS) is 11.9. The summed E-state index contributed by atoms with van der Waals surface area (Å²) in [6.45, 7) is 4.20. The summed E-state index contributed by atoms with van der Waals surface area (Å²) in [6, 6.07) is 7.50. The number of rotatable bonds is 7. The largest absolute Gasteiger partial charge is 0.481 e. The van der Waals surface area contributed by atoms with Gasteiger partial charge in [0.05, 0.1) is 5.92 Å². The van der Waals surface area contributed by atoms with Gasteiger partial charge in [0.2, 0.25) is 0 Å². The minimum atomic E-state index is -0.883. The quantitative estimate of drug-likeness (QED) is 0.840. The van der Waals surface area contributed by atoms with Crippen molar-refractivity contribution >= 4 is 23.6 Å². The molecule has 110 valence electrons. The SMILES string of the molecule is CCN(CC(C)C(=O)O)C(=O)c1ccc(CSC)cc1. The number of carbonyl (C=O) groups is 2. The summed E-state index contributed by atoms with van der Waals surface area (Å²) >= 11 is 1.73. The van der Waals surface area contributed by atoms with Crippen molar-refractivity contribution in [1.29, 1.82) is 0 Å². The Labute approximate surface area is 124 Å². The van der Waals surface area contributed by atoms with E-state index in [9.17, 15) is 9.59 Å². The summed E-state index contributed by atoms with van der Waals surface area (Å²) < 4.78 is 0. The molecule has 0 fully saturated rings. The Morgan fingerprint density at radius 2 is 1.90 bits per heavy atom. The highest BCUT2D eigenvalue weighted by atomic mass is 32.2. The van der Waals surface area contributed by atoms with Gasteiger partial charge in [0.25, 0.3) is 5.91 Å². The molecular formula is C15H21NO3S. The molecule has 1 unspecified atom stereocenters. The van der Waals surface area contributed by atoms with Crippen molar-refractivity contribution in [1.82, 2.24) is 4.90 Å². The summed E-state index contributed by atoms with van der Waals surface area (Å²) in [5.41, 5.74) is 1.78. The van der Waals surface area contributed by atoms with Gasteiger partial charge in [0.1, 0.15) is 0 Å². The molecule has 20 heavy (non-hydrogen) atoms. The lowest BCUT2D eigenvalue weighted by atomic mass is 10.1. The van der Waals surface area contributed by atoms with E-state index in [1.165, 1.54) is 5.56 Å². The summed E-state index contributed by atoms with van der Waals surface area (Å²) in [4.78, 5) is 24.8. The molecule has 1 atom stereocenters. The first-order chi connectivity index (χ1) is 9.49. The van der Waals surface area contributed by atoms with Crippen molar-refractivity contribution in [2.24, 2.45) is 5.92 Å². The van der Waals surface area contributed by atoms with Crippen LogP contribution in [0.4, 0.5) is 0 Å². The minimum Gasteiger partial charge on any atom is -0.481 e. The zero-order valence-corrected chi connectivity index (χ0v) is 12.9. The average molecular weight is 295 g/mol. The second-order valence-electron chi connectivity index (χ2n) is 4.71. The van der Waals surface area contributed by atoms with E-state index in [0.717, 1.165) is 5.75 Å². The van der Waals surface area contributed by atoms with Crippen molar-refractivity contribution < 1.29 is 14.7 Å². The van der Waals surface area contributed by atoms with Crippen molar-refractivity contribution in [3.63, 3.8) is 0 Å².